The van der Waals surface area contributed by atoms with E-state index < -0.39 is 0 Å². The monoisotopic (exact) mass is 217 g/mol. The SMILES string of the molecule is Nc1ccc(-n2ccc(C3CC3)n2)c(F)c1. The van der Waals surface area contributed by atoms with Gasteiger partial charge in [0.05, 0.1) is 5.69 Å². The first-order chi connectivity index (χ1) is 7.74. The minimum Gasteiger partial charge on any atom is -0.399 e. The first-order valence-corrected chi connectivity index (χ1v) is 5.35. The Morgan fingerprint density at radius 1 is 1.31 bits per heavy atom. The highest BCUT2D eigenvalue weighted by atomic mass is 19.1. The van der Waals surface area contributed by atoms with E-state index in [1.807, 2.05) is 6.07 Å². The van der Waals surface area contributed by atoms with Crippen LogP contribution >= 0.6 is 0 Å². The van der Waals surface area contributed by atoms with Gasteiger partial charge in [-0.25, -0.2) is 9.07 Å². The van der Waals surface area contributed by atoms with Gasteiger partial charge in [0.25, 0.3) is 0 Å². The van der Waals surface area contributed by atoms with Crippen molar-refractivity contribution >= 4 is 5.69 Å². The fourth-order valence-corrected chi connectivity index (χ4v) is 1.78. The summed E-state index contributed by atoms with van der Waals surface area (Å²) >= 11 is 0. The molecule has 3 rings (SSSR count). The van der Waals surface area contributed by atoms with Crippen molar-refractivity contribution in [2.24, 2.45) is 0 Å². The lowest BCUT2D eigenvalue weighted by atomic mass is 10.3. The molecule has 1 heterocycles. The number of nitrogens with zero attached hydrogens (tertiary/aromatic N) is 2. The maximum atomic E-state index is 13.6. The second-order valence-corrected chi connectivity index (χ2v) is 4.17. The normalized spacial score (nSPS) is 15.3. The lowest BCUT2D eigenvalue weighted by molar-refractivity contribution is 0.610. The predicted octanol–water partition coefficient (Wildman–Crippen LogP) is 2.47. The van der Waals surface area contributed by atoms with Crippen molar-refractivity contribution in [1.29, 1.82) is 0 Å². The van der Waals surface area contributed by atoms with E-state index in [9.17, 15) is 4.39 Å². The summed E-state index contributed by atoms with van der Waals surface area (Å²) in [6.07, 6.45) is 4.19. The Bertz CT molecular complexity index is 529. The van der Waals surface area contributed by atoms with Crippen LogP contribution in [-0.4, -0.2) is 9.78 Å². The summed E-state index contributed by atoms with van der Waals surface area (Å²) < 4.78 is 15.2. The highest BCUT2D eigenvalue weighted by Crippen LogP contribution is 2.39. The van der Waals surface area contributed by atoms with Gasteiger partial charge in [-0.1, -0.05) is 0 Å². The van der Waals surface area contributed by atoms with Gasteiger partial charge < -0.3 is 5.73 Å². The van der Waals surface area contributed by atoms with E-state index in [-0.39, 0.29) is 5.82 Å². The Morgan fingerprint density at radius 2 is 2.12 bits per heavy atom. The molecule has 82 valence electrons. The zero-order chi connectivity index (χ0) is 11.1. The summed E-state index contributed by atoms with van der Waals surface area (Å²) in [6, 6.07) is 6.59. The lowest BCUT2D eigenvalue weighted by Gasteiger charge is -2.03. The van der Waals surface area contributed by atoms with Gasteiger partial charge in [-0.2, -0.15) is 5.10 Å². The molecule has 0 radical (unpaired) electrons. The van der Waals surface area contributed by atoms with Crippen LogP contribution in [0.1, 0.15) is 24.5 Å². The average Bonchev–Trinajstić information content (AvgIpc) is 2.98. The molecule has 1 saturated carbocycles. The summed E-state index contributed by atoms with van der Waals surface area (Å²) in [5.74, 6) is 0.239. The highest BCUT2D eigenvalue weighted by Gasteiger charge is 2.26. The van der Waals surface area contributed by atoms with Gasteiger partial charge in [-0.05, 0) is 37.1 Å². The molecule has 1 aromatic heterocycles. The van der Waals surface area contributed by atoms with Crippen molar-refractivity contribution in [2.75, 3.05) is 5.73 Å². The molecule has 0 bridgehead atoms. The Kier molecular flexibility index (Phi) is 1.96. The zero-order valence-corrected chi connectivity index (χ0v) is 8.73. The van der Waals surface area contributed by atoms with Crippen LogP contribution in [0.5, 0.6) is 0 Å². The smallest absolute Gasteiger partial charge is 0.150 e. The van der Waals surface area contributed by atoms with Crippen LogP contribution in [0.4, 0.5) is 10.1 Å². The quantitative estimate of drug-likeness (QED) is 0.785. The second-order valence-electron chi connectivity index (χ2n) is 4.17. The number of hydrogen-bond donors (Lipinski definition) is 1. The Balaban J connectivity index is 2.00. The molecular weight excluding hydrogens is 205 g/mol. The topological polar surface area (TPSA) is 43.8 Å². The van der Waals surface area contributed by atoms with E-state index in [1.165, 1.54) is 18.9 Å². The molecule has 0 aliphatic heterocycles. The van der Waals surface area contributed by atoms with Crippen molar-refractivity contribution in [1.82, 2.24) is 9.78 Å². The van der Waals surface area contributed by atoms with E-state index in [2.05, 4.69) is 5.10 Å². The third kappa shape index (κ3) is 1.56. The summed E-state index contributed by atoms with van der Waals surface area (Å²) in [7, 11) is 0. The van der Waals surface area contributed by atoms with Crippen LogP contribution in [0.2, 0.25) is 0 Å². The van der Waals surface area contributed by atoms with Crippen LogP contribution < -0.4 is 5.73 Å². The summed E-state index contributed by atoms with van der Waals surface area (Å²) in [5, 5.41) is 4.37. The Morgan fingerprint density at radius 3 is 2.81 bits per heavy atom. The fourth-order valence-electron chi connectivity index (χ4n) is 1.78. The first kappa shape index (κ1) is 9.39. The van der Waals surface area contributed by atoms with E-state index in [4.69, 9.17) is 5.73 Å². The van der Waals surface area contributed by atoms with Crippen molar-refractivity contribution in [3.8, 4) is 5.69 Å². The number of nitrogens with two attached hydrogens (primary N) is 1. The molecule has 0 amide bonds. The molecule has 0 saturated heterocycles. The molecule has 1 fully saturated rings. The van der Waals surface area contributed by atoms with Gasteiger partial charge in [0.15, 0.2) is 5.82 Å². The van der Waals surface area contributed by atoms with Gasteiger partial charge in [0.2, 0.25) is 0 Å². The highest BCUT2D eigenvalue weighted by molar-refractivity contribution is 5.46. The number of hydrogen-bond acceptors (Lipinski definition) is 2. The predicted molar refractivity (Wildman–Crippen MR) is 59.9 cm³/mol. The largest absolute Gasteiger partial charge is 0.399 e. The van der Waals surface area contributed by atoms with Crippen molar-refractivity contribution in [2.45, 2.75) is 18.8 Å². The molecule has 1 aliphatic rings. The van der Waals surface area contributed by atoms with Crippen LogP contribution in [0.3, 0.4) is 0 Å². The third-order valence-corrected chi connectivity index (χ3v) is 2.82. The fraction of sp³-hybridized carbons (Fsp3) is 0.250. The van der Waals surface area contributed by atoms with Crippen LogP contribution in [-0.2, 0) is 0 Å². The number of benzene rings is 1. The van der Waals surface area contributed by atoms with Crippen LogP contribution in [0.25, 0.3) is 5.69 Å². The number of aromatic nitrogens is 2. The molecule has 1 aliphatic carbocycles. The van der Waals surface area contributed by atoms with Crippen molar-refractivity contribution in [3.63, 3.8) is 0 Å². The molecular formula is C12H12FN3. The standard InChI is InChI=1S/C12H12FN3/c13-10-7-9(14)3-4-12(10)16-6-5-11(15-16)8-1-2-8/h3-8H,1-2,14H2. The minimum atomic E-state index is -0.342. The lowest BCUT2D eigenvalue weighted by Crippen LogP contribution is -2.00. The molecule has 2 N–H and O–H groups in total. The van der Waals surface area contributed by atoms with E-state index in [0.717, 1.165) is 5.69 Å². The molecule has 1 aromatic carbocycles. The minimum absolute atomic E-state index is 0.342. The molecule has 3 nitrogen and oxygen atoms in total. The van der Waals surface area contributed by atoms with Crippen molar-refractivity contribution < 1.29 is 4.39 Å². The van der Waals surface area contributed by atoms with Gasteiger partial charge in [-0.15, -0.1) is 0 Å². The van der Waals surface area contributed by atoms with Gasteiger partial charge in [-0.3, -0.25) is 0 Å². The molecule has 4 heteroatoms. The summed E-state index contributed by atoms with van der Waals surface area (Å²) in [4.78, 5) is 0. The number of halogens is 1. The van der Waals surface area contributed by atoms with Gasteiger partial charge >= 0.3 is 0 Å². The van der Waals surface area contributed by atoms with E-state index in [1.54, 1.807) is 23.0 Å². The molecule has 2 aromatic rings. The van der Waals surface area contributed by atoms with Gasteiger partial charge in [0, 0.05) is 17.8 Å². The molecule has 0 spiro atoms. The maximum Gasteiger partial charge on any atom is 0.150 e. The number of anilines is 1. The van der Waals surface area contributed by atoms with Crippen LogP contribution in [0.15, 0.2) is 30.5 Å². The van der Waals surface area contributed by atoms with Crippen molar-refractivity contribution in [3.05, 3.63) is 42.0 Å². The van der Waals surface area contributed by atoms with Gasteiger partial charge in [0.1, 0.15) is 5.69 Å². The zero-order valence-electron chi connectivity index (χ0n) is 8.73. The first-order valence-electron chi connectivity index (χ1n) is 5.35. The third-order valence-electron chi connectivity index (χ3n) is 2.82. The molecule has 0 unspecified atom stereocenters. The van der Waals surface area contributed by atoms with E-state index in [0.29, 0.717) is 17.3 Å². The summed E-state index contributed by atoms with van der Waals surface area (Å²) in [5.41, 5.74) is 7.42. The Labute approximate surface area is 92.7 Å². The maximum absolute atomic E-state index is 13.6. The Hall–Kier alpha value is -1.84. The summed E-state index contributed by atoms with van der Waals surface area (Å²) in [6.45, 7) is 0. The number of rotatable bonds is 2. The number of nitrogen functional groups attached to an aromatic ring is 1. The molecule has 0 atom stereocenters. The second kappa shape index (κ2) is 3.33. The van der Waals surface area contributed by atoms with Crippen LogP contribution in [0, 0.1) is 5.82 Å². The van der Waals surface area contributed by atoms with E-state index >= 15 is 0 Å². The molecule has 16 heavy (non-hydrogen) atoms. The average molecular weight is 217 g/mol.